The van der Waals surface area contributed by atoms with Crippen LogP contribution in [0, 0.1) is 0 Å². The fraction of sp³-hybridized carbons (Fsp3) is 0.588. The molecule has 2 saturated heterocycles. The van der Waals surface area contributed by atoms with Gasteiger partial charge in [0.25, 0.3) is 0 Å². The molecule has 2 fully saturated rings. The lowest BCUT2D eigenvalue weighted by molar-refractivity contribution is -0.117. The van der Waals surface area contributed by atoms with Gasteiger partial charge in [0.15, 0.2) is 0 Å². The summed E-state index contributed by atoms with van der Waals surface area (Å²) in [5.74, 6) is -0.0875. The van der Waals surface area contributed by atoms with E-state index in [2.05, 4.69) is 34.6 Å². The smallest absolute Gasteiger partial charge is 0.241 e. The Kier molecular flexibility index (Phi) is 5.27. The Morgan fingerprint density at radius 3 is 2.65 bits per heavy atom. The number of rotatable bonds is 4. The number of morpholine rings is 1. The Bertz CT molecular complexity index is 528. The van der Waals surface area contributed by atoms with E-state index in [4.69, 9.17) is 4.74 Å². The lowest BCUT2D eigenvalue weighted by atomic mass is 10.1. The van der Waals surface area contributed by atoms with Crippen LogP contribution in [-0.4, -0.2) is 60.9 Å². The molecule has 0 aliphatic carbocycles. The predicted octanol–water partition coefficient (Wildman–Crippen LogP) is 0.741. The summed E-state index contributed by atoms with van der Waals surface area (Å²) in [5.41, 5.74) is 2.02. The van der Waals surface area contributed by atoms with E-state index in [1.165, 1.54) is 5.56 Å². The summed E-state index contributed by atoms with van der Waals surface area (Å²) in [6.45, 7) is 6.17. The van der Waals surface area contributed by atoms with Gasteiger partial charge in [0.1, 0.15) is 0 Å². The molecule has 6 heteroatoms. The minimum atomic E-state index is -0.428. The SMILES string of the molecule is CC(c1ccc(NC(=O)C2CC(O)CN2)cc1)N1CCOCC1. The number of aliphatic hydroxyl groups excluding tert-OH is 1. The number of β-amino-alcohol motifs (C(OH)–C–C–N with tert-alkyl or cyclic N) is 1. The van der Waals surface area contributed by atoms with Gasteiger partial charge in [-0.05, 0) is 31.0 Å². The molecule has 0 spiro atoms. The number of nitrogens with zero attached hydrogens (tertiary/aromatic N) is 1. The fourth-order valence-electron chi connectivity index (χ4n) is 3.17. The molecule has 2 aliphatic rings. The van der Waals surface area contributed by atoms with Crippen LogP contribution >= 0.6 is 0 Å². The summed E-state index contributed by atoms with van der Waals surface area (Å²) in [6, 6.07) is 8.04. The van der Waals surface area contributed by atoms with Gasteiger partial charge >= 0.3 is 0 Å². The van der Waals surface area contributed by atoms with E-state index in [9.17, 15) is 9.90 Å². The molecule has 23 heavy (non-hydrogen) atoms. The predicted molar refractivity (Wildman–Crippen MR) is 88.3 cm³/mol. The third-order valence-corrected chi connectivity index (χ3v) is 4.68. The molecule has 3 unspecified atom stereocenters. The second-order valence-electron chi connectivity index (χ2n) is 6.29. The molecule has 0 aromatic heterocycles. The van der Waals surface area contributed by atoms with Gasteiger partial charge in [-0.25, -0.2) is 0 Å². The van der Waals surface area contributed by atoms with Crippen LogP contribution in [0.5, 0.6) is 0 Å². The Balaban J connectivity index is 1.57. The first-order chi connectivity index (χ1) is 11.1. The first-order valence-corrected chi connectivity index (χ1v) is 8.27. The lowest BCUT2D eigenvalue weighted by Crippen LogP contribution is -2.38. The van der Waals surface area contributed by atoms with Crippen molar-refractivity contribution in [3.05, 3.63) is 29.8 Å². The Morgan fingerprint density at radius 1 is 1.35 bits per heavy atom. The van der Waals surface area contributed by atoms with Crippen LogP contribution in [0.4, 0.5) is 5.69 Å². The van der Waals surface area contributed by atoms with Gasteiger partial charge in [-0.15, -0.1) is 0 Å². The average molecular weight is 319 g/mol. The molecular weight excluding hydrogens is 294 g/mol. The molecule has 3 rings (SSSR count). The highest BCUT2D eigenvalue weighted by Crippen LogP contribution is 2.23. The van der Waals surface area contributed by atoms with Crippen LogP contribution in [0.25, 0.3) is 0 Å². The van der Waals surface area contributed by atoms with Gasteiger partial charge < -0.3 is 20.5 Å². The minimum absolute atomic E-state index is 0.0875. The summed E-state index contributed by atoms with van der Waals surface area (Å²) in [5, 5.41) is 15.4. The molecule has 2 aliphatic heterocycles. The number of anilines is 1. The van der Waals surface area contributed by atoms with Crippen LogP contribution < -0.4 is 10.6 Å². The molecule has 6 nitrogen and oxygen atoms in total. The zero-order valence-corrected chi connectivity index (χ0v) is 13.5. The second kappa shape index (κ2) is 7.40. The van der Waals surface area contributed by atoms with Crippen molar-refractivity contribution in [1.29, 1.82) is 0 Å². The first-order valence-electron chi connectivity index (χ1n) is 8.27. The summed E-state index contributed by atoms with van der Waals surface area (Å²) >= 11 is 0. The van der Waals surface area contributed by atoms with E-state index in [1.54, 1.807) is 0 Å². The van der Waals surface area contributed by atoms with Crippen LogP contribution in [0.15, 0.2) is 24.3 Å². The highest BCUT2D eigenvalue weighted by Gasteiger charge is 2.28. The van der Waals surface area contributed by atoms with Gasteiger partial charge in [-0.2, -0.15) is 0 Å². The van der Waals surface area contributed by atoms with Gasteiger partial charge in [-0.3, -0.25) is 9.69 Å². The number of aliphatic hydroxyl groups is 1. The molecule has 126 valence electrons. The van der Waals surface area contributed by atoms with Crippen molar-refractivity contribution in [2.75, 3.05) is 38.2 Å². The highest BCUT2D eigenvalue weighted by atomic mass is 16.5. The number of ether oxygens (including phenoxy) is 1. The molecular formula is C17H25N3O3. The van der Waals surface area contributed by atoms with Crippen molar-refractivity contribution in [2.45, 2.75) is 31.5 Å². The van der Waals surface area contributed by atoms with E-state index in [0.29, 0.717) is 19.0 Å². The maximum atomic E-state index is 12.1. The van der Waals surface area contributed by atoms with Crippen molar-refractivity contribution >= 4 is 11.6 Å². The Labute approximate surface area is 136 Å². The molecule has 1 aromatic rings. The Morgan fingerprint density at radius 2 is 2.04 bits per heavy atom. The van der Waals surface area contributed by atoms with Crippen molar-refractivity contribution < 1.29 is 14.6 Å². The number of nitrogens with one attached hydrogen (secondary N) is 2. The summed E-state index contributed by atoms with van der Waals surface area (Å²) in [7, 11) is 0. The third-order valence-electron chi connectivity index (χ3n) is 4.68. The van der Waals surface area contributed by atoms with Gasteiger partial charge in [0.05, 0.1) is 25.4 Å². The molecule has 1 amide bonds. The maximum Gasteiger partial charge on any atom is 0.241 e. The molecule has 1 aromatic carbocycles. The number of hydrogen-bond donors (Lipinski definition) is 3. The number of carbonyl (C=O) groups is 1. The quantitative estimate of drug-likeness (QED) is 0.763. The zero-order chi connectivity index (χ0) is 16.2. The number of hydrogen-bond acceptors (Lipinski definition) is 5. The zero-order valence-electron chi connectivity index (χ0n) is 13.5. The Hall–Kier alpha value is -1.47. The number of amides is 1. The van der Waals surface area contributed by atoms with E-state index >= 15 is 0 Å². The van der Waals surface area contributed by atoms with E-state index < -0.39 is 6.10 Å². The van der Waals surface area contributed by atoms with Crippen molar-refractivity contribution in [2.24, 2.45) is 0 Å². The second-order valence-corrected chi connectivity index (χ2v) is 6.29. The van der Waals surface area contributed by atoms with Crippen molar-refractivity contribution in [3.63, 3.8) is 0 Å². The molecule has 2 heterocycles. The molecule has 3 N–H and O–H groups in total. The third kappa shape index (κ3) is 4.09. The summed E-state index contributed by atoms with van der Waals surface area (Å²) in [4.78, 5) is 14.5. The summed E-state index contributed by atoms with van der Waals surface area (Å²) < 4.78 is 5.39. The van der Waals surface area contributed by atoms with Crippen molar-refractivity contribution in [3.8, 4) is 0 Å². The van der Waals surface area contributed by atoms with Crippen LogP contribution in [0.2, 0.25) is 0 Å². The summed E-state index contributed by atoms with van der Waals surface area (Å²) in [6.07, 6.45) is 0.0420. The van der Waals surface area contributed by atoms with Gasteiger partial charge in [-0.1, -0.05) is 12.1 Å². The molecule has 0 radical (unpaired) electrons. The van der Waals surface area contributed by atoms with E-state index in [0.717, 1.165) is 32.0 Å². The van der Waals surface area contributed by atoms with Gasteiger partial charge in [0.2, 0.25) is 5.91 Å². The topological polar surface area (TPSA) is 73.8 Å². The largest absolute Gasteiger partial charge is 0.392 e. The standard InChI is InChI=1S/C17H25N3O3/c1-12(20-6-8-23-9-7-20)13-2-4-14(5-3-13)19-17(22)16-10-15(21)11-18-16/h2-5,12,15-16,18,21H,6-11H2,1H3,(H,19,22). The number of carbonyl (C=O) groups excluding carboxylic acids is 1. The molecule has 0 saturated carbocycles. The minimum Gasteiger partial charge on any atom is -0.392 e. The average Bonchev–Trinajstić information content (AvgIpc) is 3.02. The fourth-order valence-corrected chi connectivity index (χ4v) is 3.17. The van der Waals surface area contributed by atoms with Crippen LogP contribution in [0.3, 0.4) is 0 Å². The lowest BCUT2D eigenvalue weighted by Gasteiger charge is -2.32. The molecule has 0 bridgehead atoms. The first kappa shape index (κ1) is 16.4. The van der Waals surface area contributed by atoms with Crippen LogP contribution in [0.1, 0.15) is 24.9 Å². The monoisotopic (exact) mass is 319 g/mol. The normalized spacial score (nSPS) is 26.9. The maximum absolute atomic E-state index is 12.1. The molecule has 3 atom stereocenters. The van der Waals surface area contributed by atoms with E-state index in [-0.39, 0.29) is 11.9 Å². The van der Waals surface area contributed by atoms with Gasteiger partial charge in [0, 0.05) is 31.4 Å². The highest BCUT2D eigenvalue weighted by molar-refractivity contribution is 5.95. The van der Waals surface area contributed by atoms with Crippen LogP contribution in [-0.2, 0) is 9.53 Å². The van der Waals surface area contributed by atoms with E-state index in [1.807, 2.05) is 12.1 Å². The number of benzene rings is 1. The van der Waals surface area contributed by atoms with Crippen molar-refractivity contribution in [1.82, 2.24) is 10.2 Å².